The summed E-state index contributed by atoms with van der Waals surface area (Å²) in [4.78, 5) is 12.4. The van der Waals surface area contributed by atoms with E-state index in [1.54, 1.807) is 31.2 Å². The minimum absolute atomic E-state index is 0.149. The normalized spacial score (nSPS) is 17.1. The fourth-order valence-corrected chi connectivity index (χ4v) is 3.03. The Bertz CT molecular complexity index is 933. The van der Waals surface area contributed by atoms with Crippen molar-refractivity contribution in [3.63, 3.8) is 0 Å². The predicted molar refractivity (Wildman–Crippen MR) is 104 cm³/mol. The average molecular weight is 394 g/mol. The van der Waals surface area contributed by atoms with Crippen LogP contribution in [-0.4, -0.2) is 35.5 Å². The molecule has 0 radical (unpaired) electrons. The Morgan fingerprint density at radius 1 is 1.14 bits per heavy atom. The largest absolute Gasteiger partial charge is 0.491 e. The molecule has 1 aliphatic rings. The Morgan fingerprint density at radius 3 is 2.66 bits per heavy atom. The van der Waals surface area contributed by atoms with Gasteiger partial charge in [-0.1, -0.05) is 18.2 Å². The van der Waals surface area contributed by atoms with Gasteiger partial charge in [0.15, 0.2) is 6.10 Å². The highest BCUT2D eigenvalue weighted by molar-refractivity contribution is 5.89. The van der Waals surface area contributed by atoms with Crippen LogP contribution in [0.3, 0.4) is 0 Å². The van der Waals surface area contributed by atoms with Crippen LogP contribution >= 0.6 is 0 Å². The van der Waals surface area contributed by atoms with E-state index in [0.29, 0.717) is 23.8 Å². The van der Waals surface area contributed by atoms with E-state index in [1.807, 2.05) is 30.3 Å². The summed E-state index contributed by atoms with van der Waals surface area (Å²) in [6.45, 7) is 3.00. The van der Waals surface area contributed by atoms with E-state index in [2.05, 4.69) is 10.2 Å². The first kappa shape index (κ1) is 19.1. The third-order valence-corrected chi connectivity index (χ3v) is 4.64. The average Bonchev–Trinajstić information content (AvgIpc) is 3.45. The molecule has 2 heterocycles. The van der Waals surface area contributed by atoms with Crippen molar-refractivity contribution in [3.8, 4) is 17.2 Å². The molecular weight excluding hydrogens is 372 g/mol. The van der Waals surface area contributed by atoms with Crippen molar-refractivity contribution in [2.45, 2.75) is 32.0 Å². The molecule has 3 aromatic rings. The maximum absolute atomic E-state index is 12.4. The van der Waals surface area contributed by atoms with E-state index >= 15 is 0 Å². The van der Waals surface area contributed by atoms with Crippen molar-refractivity contribution in [1.82, 2.24) is 10.2 Å². The van der Waals surface area contributed by atoms with Gasteiger partial charge in [-0.3, -0.25) is 0 Å². The second-order valence-corrected chi connectivity index (χ2v) is 6.83. The maximum Gasteiger partial charge on any atom is 0.338 e. The lowest BCUT2D eigenvalue weighted by molar-refractivity contribution is 0.0279. The molecule has 4 rings (SSSR count). The summed E-state index contributed by atoms with van der Waals surface area (Å²) in [6, 6.07) is 16.3. The van der Waals surface area contributed by atoms with Crippen molar-refractivity contribution in [3.05, 3.63) is 66.1 Å². The van der Waals surface area contributed by atoms with Gasteiger partial charge < -0.3 is 18.6 Å². The highest BCUT2D eigenvalue weighted by atomic mass is 16.6. The monoisotopic (exact) mass is 394 g/mol. The molecule has 0 aliphatic carbocycles. The van der Waals surface area contributed by atoms with Gasteiger partial charge in [0.05, 0.1) is 11.7 Å². The number of benzene rings is 2. The van der Waals surface area contributed by atoms with Gasteiger partial charge in [0.25, 0.3) is 5.89 Å². The number of hydrogen-bond acceptors (Lipinski definition) is 7. The second-order valence-electron chi connectivity index (χ2n) is 6.83. The van der Waals surface area contributed by atoms with Crippen molar-refractivity contribution in [1.29, 1.82) is 0 Å². The summed E-state index contributed by atoms with van der Waals surface area (Å²) in [5.41, 5.74) is 1.23. The molecule has 2 atom stereocenters. The fourth-order valence-electron chi connectivity index (χ4n) is 3.03. The molecule has 0 bridgehead atoms. The Kier molecular flexibility index (Phi) is 5.86. The molecule has 1 fully saturated rings. The number of nitrogens with zero attached hydrogens (tertiary/aromatic N) is 2. The van der Waals surface area contributed by atoms with Crippen LogP contribution < -0.4 is 4.74 Å². The molecule has 2 aromatic carbocycles. The van der Waals surface area contributed by atoms with E-state index in [1.165, 1.54) is 0 Å². The van der Waals surface area contributed by atoms with Crippen LogP contribution in [0, 0.1) is 0 Å². The number of aromatic nitrogens is 2. The predicted octanol–water partition coefficient (Wildman–Crippen LogP) is 4.21. The number of rotatable bonds is 7. The lowest BCUT2D eigenvalue weighted by atomic mass is 10.2. The first-order valence-corrected chi connectivity index (χ1v) is 9.63. The van der Waals surface area contributed by atoms with Gasteiger partial charge in [0.2, 0.25) is 5.89 Å². The Balaban J connectivity index is 1.33. The van der Waals surface area contributed by atoms with Gasteiger partial charge in [0, 0.05) is 12.2 Å². The smallest absolute Gasteiger partial charge is 0.338 e. The quantitative estimate of drug-likeness (QED) is 0.555. The van der Waals surface area contributed by atoms with Crippen LogP contribution in [0.15, 0.2) is 59.0 Å². The SMILES string of the molecule is C[C@@H](OC(=O)c1ccc(OC[C@@H]2CCCO2)cc1)c1nnc(-c2ccccc2)o1. The van der Waals surface area contributed by atoms with Crippen LogP contribution in [0.4, 0.5) is 0 Å². The molecule has 0 N–H and O–H groups in total. The Hall–Kier alpha value is -3.19. The molecule has 1 aromatic heterocycles. The summed E-state index contributed by atoms with van der Waals surface area (Å²) in [5.74, 6) is 0.849. The highest BCUT2D eigenvalue weighted by Crippen LogP contribution is 2.23. The van der Waals surface area contributed by atoms with E-state index in [-0.39, 0.29) is 12.0 Å². The topological polar surface area (TPSA) is 83.7 Å². The summed E-state index contributed by atoms with van der Waals surface area (Å²) in [5, 5.41) is 8.01. The van der Waals surface area contributed by atoms with Gasteiger partial charge in [-0.2, -0.15) is 0 Å². The standard InChI is InChI=1S/C22H22N2O5/c1-15(20-23-24-21(29-20)16-6-3-2-4-7-16)28-22(25)17-9-11-18(12-10-17)27-14-19-8-5-13-26-19/h2-4,6-7,9-12,15,19H,5,8,13-14H2,1H3/t15-,19+/m1/s1. The maximum atomic E-state index is 12.4. The van der Waals surface area contributed by atoms with Gasteiger partial charge in [-0.15, -0.1) is 10.2 Å². The van der Waals surface area contributed by atoms with Crippen LogP contribution in [0.25, 0.3) is 11.5 Å². The Labute approximate surface area is 168 Å². The van der Waals surface area contributed by atoms with Gasteiger partial charge >= 0.3 is 5.97 Å². The minimum Gasteiger partial charge on any atom is -0.491 e. The molecule has 1 saturated heterocycles. The third kappa shape index (κ3) is 4.81. The van der Waals surface area contributed by atoms with Crippen LogP contribution in [-0.2, 0) is 9.47 Å². The molecular formula is C22H22N2O5. The molecule has 0 saturated carbocycles. The van der Waals surface area contributed by atoms with Crippen LogP contribution in [0.1, 0.15) is 42.1 Å². The zero-order chi connectivity index (χ0) is 20.1. The Morgan fingerprint density at radius 2 is 1.93 bits per heavy atom. The molecule has 0 amide bonds. The number of carbonyl (C=O) groups excluding carboxylic acids is 1. The number of hydrogen-bond donors (Lipinski definition) is 0. The van der Waals surface area contributed by atoms with E-state index in [0.717, 1.165) is 25.0 Å². The molecule has 0 unspecified atom stereocenters. The second kappa shape index (κ2) is 8.87. The third-order valence-electron chi connectivity index (χ3n) is 4.64. The van der Waals surface area contributed by atoms with Gasteiger partial charge in [-0.05, 0) is 56.2 Å². The number of carbonyl (C=O) groups is 1. The summed E-state index contributed by atoms with van der Waals surface area (Å²) < 4.78 is 22.3. The molecule has 7 heteroatoms. The first-order valence-electron chi connectivity index (χ1n) is 9.63. The van der Waals surface area contributed by atoms with E-state index in [9.17, 15) is 4.79 Å². The fraction of sp³-hybridized carbons (Fsp3) is 0.318. The van der Waals surface area contributed by atoms with Gasteiger partial charge in [0.1, 0.15) is 12.4 Å². The number of esters is 1. The van der Waals surface area contributed by atoms with Gasteiger partial charge in [-0.25, -0.2) is 4.79 Å². The van der Waals surface area contributed by atoms with E-state index < -0.39 is 12.1 Å². The van der Waals surface area contributed by atoms with Crippen molar-refractivity contribution < 1.29 is 23.4 Å². The number of ether oxygens (including phenoxy) is 3. The van der Waals surface area contributed by atoms with Crippen molar-refractivity contribution in [2.24, 2.45) is 0 Å². The first-order chi connectivity index (χ1) is 14.2. The lowest BCUT2D eigenvalue weighted by Crippen LogP contribution is -2.16. The van der Waals surface area contributed by atoms with Crippen molar-refractivity contribution >= 4 is 5.97 Å². The minimum atomic E-state index is -0.664. The summed E-state index contributed by atoms with van der Waals surface area (Å²) in [7, 11) is 0. The zero-order valence-corrected chi connectivity index (χ0v) is 16.1. The van der Waals surface area contributed by atoms with E-state index in [4.69, 9.17) is 18.6 Å². The van der Waals surface area contributed by atoms with Crippen LogP contribution in [0.5, 0.6) is 5.75 Å². The highest BCUT2D eigenvalue weighted by Gasteiger charge is 2.20. The molecule has 29 heavy (non-hydrogen) atoms. The summed E-state index contributed by atoms with van der Waals surface area (Å²) in [6.07, 6.45) is 1.58. The molecule has 150 valence electrons. The summed E-state index contributed by atoms with van der Waals surface area (Å²) >= 11 is 0. The lowest BCUT2D eigenvalue weighted by Gasteiger charge is -2.12. The van der Waals surface area contributed by atoms with Crippen molar-refractivity contribution in [2.75, 3.05) is 13.2 Å². The molecule has 1 aliphatic heterocycles. The molecule has 0 spiro atoms. The molecule has 7 nitrogen and oxygen atoms in total. The zero-order valence-electron chi connectivity index (χ0n) is 16.1. The van der Waals surface area contributed by atoms with Crippen LogP contribution in [0.2, 0.25) is 0 Å².